The summed E-state index contributed by atoms with van der Waals surface area (Å²) in [6.45, 7) is 5.09. The summed E-state index contributed by atoms with van der Waals surface area (Å²) in [6, 6.07) is 6.06. The third-order valence-electron chi connectivity index (χ3n) is 3.23. The van der Waals surface area contributed by atoms with Crippen LogP contribution in [0.25, 0.3) is 0 Å². The van der Waals surface area contributed by atoms with E-state index in [-0.39, 0.29) is 12.1 Å². The van der Waals surface area contributed by atoms with E-state index in [4.69, 9.17) is 10.5 Å². The summed E-state index contributed by atoms with van der Waals surface area (Å²) in [7, 11) is 0. The molecule has 2 N–H and O–H groups in total. The van der Waals surface area contributed by atoms with Gasteiger partial charge in [-0.15, -0.1) is 0 Å². The summed E-state index contributed by atoms with van der Waals surface area (Å²) in [4.78, 5) is 13.4. The van der Waals surface area contributed by atoms with Crippen molar-refractivity contribution >= 4 is 11.8 Å². The van der Waals surface area contributed by atoms with E-state index in [1.165, 1.54) is 11.1 Å². The van der Waals surface area contributed by atoms with Crippen molar-refractivity contribution in [1.82, 2.24) is 0 Å². The summed E-state index contributed by atoms with van der Waals surface area (Å²) in [5.41, 5.74) is 8.85. The molecule has 1 aromatic rings. The average molecular weight is 234 g/mol. The summed E-state index contributed by atoms with van der Waals surface area (Å²) in [5.74, 6) is 0. The molecule has 1 aliphatic rings. The van der Waals surface area contributed by atoms with Gasteiger partial charge in [-0.2, -0.15) is 0 Å². The number of nitrogens with two attached hydrogens (primary N) is 1. The van der Waals surface area contributed by atoms with Crippen LogP contribution in [-0.4, -0.2) is 25.3 Å². The van der Waals surface area contributed by atoms with Gasteiger partial charge in [0.1, 0.15) is 6.61 Å². The Morgan fingerprint density at radius 2 is 2.18 bits per heavy atom. The third-order valence-corrected chi connectivity index (χ3v) is 3.23. The minimum absolute atomic E-state index is 0.0645. The number of hydrogen-bond acceptors (Lipinski definition) is 3. The summed E-state index contributed by atoms with van der Waals surface area (Å²) in [5, 5.41) is 0. The number of carbonyl (C=O) groups excluding carboxylic acids is 1. The molecule has 1 amide bonds. The zero-order valence-electron chi connectivity index (χ0n) is 10.3. The molecule has 4 heteroatoms. The fourth-order valence-corrected chi connectivity index (χ4v) is 2.06. The van der Waals surface area contributed by atoms with Gasteiger partial charge in [0, 0.05) is 5.69 Å². The molecule has 1 aromatic carbocycles. The van der Waals surface area contributed by atoms with Gasteiger partial charge in [-0.25, -0.2) is 4.79 Å². The number of benzene rings is 1. The normalized spacial score (nSPS) is 19.6. The molecule has 2 rings (SSSR count). The number of ether oxygens (including phenoxy) is 1. The minimum Gasteiger partial charge on any atom is -0.447 e. The second-order valence-electron chi connectivity index (χ2n) is 4.45. The first kappa shape index (κ1) is 11.9. The van der Waals surface area contributed by atoms with Crippen LogP contribution in [0.4, 0.5) is 10.5 Å². The van der Waals surface area contributed by atoms with Crippen LogP contribution in [0.1, 0.15) is 17.5 Å². The Bertz CT molecular complexity index is 431. The van der Waals surface area contributed by atoms with Crippen molar-refractivity contribution in [3.05, 3.63) is 29.3 Å². The molecule has 0 bridgehead atoms. The van der Waals surface area contributed by atoms with Gasteiger partial charge < -0.3 is 10.5 Å². The molecule has 0 radical (unpaired) electrons. The highest BCUT2D eigenvalue weighted by Crippen LogP contribution is 2.26. The second-order valence-corrected chi connectivity index (χ2v) is 4.45. The summed E-state index contributed by atoms with van der Waals surface area (Å²) < 4.78 is 5.09. The molecule has 0 aromatic heterocycles. The van der Waals surface area contributed by atoms with Crippen LogP contribution in [0.2, 0.25) is 0 Å². The van der Waals surface area contributed by atoms with Crippen molar-refractivity contribution in [2.45, 2.75) is 26.3 Å². The van der Waals surface area contributed by atoms with Crippen molar-refractivity contribution in [3.63, 3.8) is 0 Å². The quantitative estimate of drug-likeness (QED) is 0.870. The van der Waals surface area contributed by atoms with E-state index >= 15 is 0 Å². The Labute approximate surface area is 101 Å². The smallest absolute Gasteiger partial charge is 0.414 e. The first-order valence-corrected chi connectivity index (χ1v) is 5.87. The zero-order valence-corrected chi connectivity index (χ0v) is 10.3. The van der Waals surface area contributed by atoms with Crippen molar-refractivity contribution in [2.75, 3.05) is 18.1 Å². The standard InChI is InChI=1S/C13H18N2O2/c1-9-3-4-11(7-10(9)2)15-12(5-6-14)8-17-13(15)16/h3-4,7,12H,5-6,8,14H2,1-2H3. The largest absolute Gasteiger partial charge is 0.447 e. The van der Waals surface area contributed by atoms with E-state index in [0.29, 0.717) is 13.2 Å². The van der Waals surface area contributed by atoms with E-state index in [9.17, 15) is 4.79 Å². The minimum atomic E-state index is -0.272. The van der Waals surface area contributed by atoms with Gasteiger partial charge in [0.15, 0.2) is 0 Å². The van der Waals surface area contributed by atoms with Crippen molar-refractivity contribution in [3.8, 4) is 0 Å². The van der Waals surface area contributed by atoms with Crippen LogP contribution < -0.4 is 10.6 Å². The van der Waals surface area contributed by atoms with E-state index in [1.54, 1.807) is 4.90 Å². The van der Waals surface area contributed by atoms with Crippen LogP contribution in [0, 0.1) is 13.8 Å². The first-order chi connectivity index (χ1) is 8.13. The van der Waals surface area contributed by atoms with E-state index < -0.39 is 0 Å². The van der Waals surface area contributed by atoms with Gasteiger partial charge in [0.25, 0.3) is 0 Å². The van der Waals surface area contributed by atoms with Gasteiger partial charge in [-0.1, -0.05) is 6.07 Å². The van der Waals surface area contributed by atoms with Gasteiger partial charge in [0.05, 0.1) is 6.04 Å². The first-order valence-electron chi connectivity index (χ1n) is 5.87. The van der Waals surface area contributed by atoms with Crippen LogP contribution >= 0.6 is 0 Å². The van der Waals surface area contributed by atoms with Gasteiger partial charge in [-0.3, -0.25) is 4.90 Å². The Hall–Kier alpha value is -1.55. The molecule has 1 unspecified atom stereocenters. The molecular weight excluding hydrogens is 216 g/mol. The lowest BCUT2D eigenvalue weighted by Crippen LogP contribution is -2.35. The number of amides is 1. The van der Waals surface area contributed by atoms with Crippen LogP contribution in [0.5, 0.6) is 0 Å². The lowest BCUT2D eigenvalue weighted by atomic mass is 10.1. The molecule has 0 saturated carbocycles. The maximum atomic E-state index is 11.7. The Morgan fingerprint density at radius 3 is 2.82 bits per heavy atom. The molecule has 17 heavy (non-hydrogen) atoms. The molecule has 1 saturated heterocycles. The van der Waals surface area contributed by atoms with E-state index in [1.807, 2.05) is 25.1 Å². The van der Waals surface area contributed by atoms with Gasteiger partial charge in [-0.05, 0) is 50.1 Å². The predicted molar refractivity (Wildman–Crippen MR) is 67.2 cm³/mol. The number of anilines is 1. The van der Waals surface area contributed by atoms with Gasteiger partial charge in [0.2, 0.25) is 0 Å². The molecule has 1 aliphatic heterocycles. The zero-order chi connectivity index (χ0) is 12.4. The second kappa shape index (κ2) is 4.75. The molecule has 0 aliphatic carbocycles. The fourth-order valence-electron chi connectivity index (χ4n) is 2.06. The molecule has 1 atom stereocenters. The molecular formula is C13H18N2O2. The van der Waals surface area contributed by atoms with Crippen molar-refractivity contribution < 1.29 is 9.53 Å². The molecule has 1 fully saturated rings. The van der Waals surface area contributed by atoms with Crippen molar-refractivity contribution in [1.29, 1.82) is 0 Å². The van der Waals surface area contributed by atoms with Crippen LogP contribution in [0.3, 0.4) is 0 Å². The Kier molecular flexibility index (Phi) is 3.33. The maximum Gasteiger partial charge on any atom is 0.414 e. The topological polar surface area (TPSA) is 55.6 Å². The van der Waals surface area contributed by atoms with Crippen LogP contribution in [0.15, 0.2) is 18.2 Å². The molecule has 92 valence electrons. The number of hydrogen-bond donors (Lipinski definition) is 1. The summed E-state index contributed by atoms with van der Waals surface area (Å²) in [6.07, 6.45) is 0.491. The average Bonchev–Trinajstić information content (AvgIpc) is 2.65. The predicted octanol–water partition coefficient (Wildman–Crippen LogP) is 1.98. The number of carbonyl (C=O) groups is 1. The maximum absolute atomic E-state index is 11.7. The number of cyclic esters (lactones) is 1. The highest BCUT2D eigenvalue weighted by molar-refractivity contribution is 5.90. The monoisotopic (exact) mass is 234 g/mol. The van der Waals surface area contributed by atoms with Crippen LogP contribution in [-0.2, 0) is 4.74 Å². The fraction of sp³-hybridized carbons (Fsp3) is 0.462. The number of aryl methyl sites for hydroxylation is 2. The van der Waals surface area contributed by atoms with Crippen molar-refractivity contribution in [2.24, 2.45) is 5.73 Å². The van der Waals surface area contributed by atoms with E-state index in [0.717, 1.165) is 12.1 Å². The van der Waals surface area contributed by atoms with E-state index in [2.05, 4.69) is 6.92 Å². The Morgan fingerprint density at radius 1 is 1.41 bits per heavy atom. The van der Waals surface area contributed by atoms with Gasteiger partial charge >= 0.3 is 6.09 Å². The lowest BCUT2D eigenvalue weighted by molar-refractivity contribution is 0.178. The highest BCUT2D eigenvalue weighted by atomic mass is 16.6. The highest BCUT2D eigenvalue weighted by Gasteiger charge is 2.33. The molecule has 1 heterocycles. The summed E-state index contributed by atoms with van der Waals surface area (Å²) >= 11 is 0. The lowest BCUT2D eigenvalue weighted by Gasteiger charge is -2.21. The molecule has 4 nitrogen and oxygen atoms in total. The number of rotatable bonds is 3. The molecule has 0 spiro atoms. The third kappa shape index (κ3) is 2.26. The number of nitrogens with zero attached hydrogens (tertiary/aromatic N) is 1. The Balaban J connectivity index is 2.29. The SMILES string of the molecule is Cc1ccc(N2C(=O)OCC2CCN)cc1C.